The van der Waals surface area contributed by atoms with Crippen LogP contribution in [0.4, 0.5) is 0 Å². The largest absolute Gasteiger partial charge is 0.379 e. The number of halogens is 2. The van der Waals surface area contributed by atoms with Crippen LogP contribution in [0.5, 0.6) is 0 Å². The highest BCUT2D eigenvalue weighted by Gasteiger charge is 2.47. The molecular weight excluding hydrogens is 287 g/mol. The first-order valence-electron chi connectivity index (χ1n) is 5.85. The molecule has 0 bridgehead atoms. The maximum Gasteiger partial charge on any atom is 0.127 e. The van der Waals surface area contributed by atoms with Crippen LogP contribution in [-0.4, -0.2) is 5.11 Å². The van der Waals surface area contributed by atoms with Crippen molar-refractivity contribution in [3.05, 3.63) is 56.2 Å². The van der Waals surface area contributed by atoms with Gasteiger partial charge < -0.3 is 5.11 Å². The average molecular weight is 299 g/mol. The van der Waals surface area contributed by atoms with Crippen LogP contribution in [0.1, 0.15) is 23.3 Å². The molecule has 18 heavy (non-hydrogen) atoms. The number of benzene rings is 1. The second-order valence-electron chi connectivity index (χ2n) is 4.65. The van der Waals surface area contributed by atoms with Gasteiger partial charge in [-0.2, -0.15) is 0 Å². The Bertz CT molecular complexity index is 559. The van der Waals surface area contributed by atoms with Crippen molar-refractivity contribution in [2.75, 3.05) is 0 Å². The van der Waals surface area contributed by atoms with Gasteiger partial charge in [0, 0.05) is 9.90 Å². The monoisotopic (exact) mass is 298 g/mol. The van der Waals surface area contributed by atoms with E-state index in [4.69, 9.17) is 23.2 Å². The zero-order valence-corrected chi connectivity index (χ0v) is 11.9. The molecule has 0 amide bonds. The number of aliphatic hydroxyl groups is 1. The number of hydrogen-bond acceptors (Lipinski definition) is 2. The standard InChI is InChI=1S/C14H12Cl2OS/c15-11-5-3-10(4-6-11)14(17,9-1-2-9)12-7-8-13(16)18-12/h3-9,17H,1-2H2. The summed E-state index contributed by atoms with van der Waals surface area (Å²) in [6.45, 7) is 0. The van der Waals surface area contributed by atoms with Crippen LogP contribution in [0.15, 0.2) is 36.4 Å². The summed E-state index contributed by atoms with van der Waals surface area (Å²) in [4.78, 5) is 0.914. The summed E-state index contributed by atoms with van der Waals surface area (Å²) in [5.74, 6) is 0.286. The fourth-order valence-electron chi connectivity index (χ4n) is 2.30. The fourth-order valence-corrected chi connectivity index (χ4v) is 3.66. The lowest BCUT2D eigenvalue weighted by Crippen LogP contribution is -2.28. The van der Waals surface area contributed by atoms with E-state index in [0.29, 0.717) is 9.36 Å². The molecule has 1 fully saturated rings. The van der Waals surface area contributed by atoms with Crippen LogP contribution in [0.2, 0.25) is 9.36 Å². The Hall–Kier alpha value is -0.540. The summed E-state index contributed by atoms with van der Waals surface area (Å²) < 4.78 is 0.707. The van der Waals surface area contributed by atoms with Crippen molar-refractivity contribution in [1.82, 2.24) is 0 Å². The molecule has 1 saturated carbocycles. The van der Waals surface area contributed by atoms with Gasteiger partial charge in [0.15, 0.2) is 0 Å². The number of hydrogen-bond donors (Lipinski definition) is 1. The van der Waals surface area contributed by atoms with Crippen LogP contribution < -0.4 is 0 Å². The summed E-state index contributed by atoms with van der Waals surface area (Å²) in [6.07, 6.45) is 2.10. The first-order chi connectivity index (χ1) is 8.60. The van der Waals surface area contributed by atoms with Crippen LogP contribution in [0, 0.1) is 5.92 Å². The van der Waals surface area contributed by atoms with Gasteiger partial charge in [0.1, 0.15) is 5.60 Å². The molecule has 2 aromatic rings. The van der Waals surface area contributed by atoms with E-state index in [2.05, 4.69) is 0 Å². The van der Waals surface area contributed by atoms with E-state index in [1.165, 1.54) is 11.3 Å². The molecule has 0 radical (unpaired) electrons. The lowest BCUT2D eigenvalue weighted by Gasteiger charge is -2.27. The Morgan fingerprint density at radius 1 is 1.06 bits per heavy atom. The molecule has 1 aliphatic carbocycles. The van der Waals surface area contributed by atoms with Crippen molar-refractivity contribution in [2.45, 2.75) is 18.4 Å². The van der Waals surface area contributed by atoms with E-state index in [0.717, 1.165) is 23.3 Å². The maximum atomic E-state index is 11.1. The van der Waals surface area contributed by atoms with E-state index in [1.807, 2.05) is 36.4 Å². The molecule has 1 aromatic carbocycles. The summed E-state index contributed by atoms with van der Waals surface area (Å²) in [5, 5.41) is 11.8. The molecule has 0 aliphatic heterocycles. The molecule has 1 aromatic heterocycles. The highest BCUT2D eigenvalue weighted by Crippen LogP contribution is 2.51. The Balaban J connectivity index is 2.08. The smallest absolute Gasteiger partial charge is 0.127 e. The highest BCUT2D eigenvalue weighted by molar-refractivity contribution is 7.16. The van der Waals surface area contributed by atoms with Gasteiger partial charge in [0.25, 0.3) is 0 Å². The topological polar surface area (TPSA) is 20.2 Å². The minimum Gasteiger partial charge on any atom is -0.379 e. The second kappa shape index (κ2) is 4.53. The zero-order valence-electron chi connectivity index (χ0n) is 9.57. The quantitative estimate of drug-likeness (QED) is 0.871. The SMILES string of the molecule is OC(c1ccc(Cl)cc1)(c1ccc(Cl)s1)C1CC1. The first kappa shape index (κ1) is 12.5. The van der Waals surface area contributed by atoms with Gasteiger partial charge in [-0.25, -0.2) is 0 Å². The van der Waals surface area contributed by atoms with Gasteiger partial charge in [0.2, 0.25) is 0 Å². The highest BCUT2D eigenvalue weighted by atomic mass is 35.5. The van der Waals surface area contributed by atoms with Gasteiger partial charge in [-0.3, -0.25) is 0 Å². The van der Waals surface area contributed by atoms with E-state index >= 15 is 0 Å². The Labute approximate surface area is 120 Å². The molecule has 94 valence electrons. The van der Waals surface area contributed by atoms with Gasteiger partial charge in [0.05, 0.1) is 4.34 Å². The Kier molecular flexibility index (Phi) is 3.15. The van der Waals surface area contributed by atoms with Crippen LogP contribution >= 0.6 is 34.5 Å². The van der Waals surface area contributed by atoms with Gasteiger partial charge in [-0.05, 0) is 48.6 Å². The van der Waals surface area contributed by atoms with Crippen LogP contribution in [0.3, 0.4) is 0 Å². The number of thiophene rings is 1. The number of rotatable bonds is 3. The summed E-state index contributed by atoms with van der Waals surface area (Å²) in [6, 6.07) is 11.2. The predicted octanol–water partition coefficient (Wildman–Crippen LogP) is 4.70. The minimum absolute atomic E-state index is 0.286. The van der Waals surface area contributed by atoms with Gasteiger partial charge in [-0.15, -0.1) is 11.3 Å². The van der Waals surface area contributed by atoms with Crippen molar-refractivity contribution in [3.8, 4) is 0 Å². The Morgan fingerprint density at radius 3 is 2.22 bits per heavy atom. The average Bonchev–Trinajstić information content (AvgIpc) is 3.12. The van der Waals surface area contributed by atoms with E-state index in [-0.39, 0.29) is 5.92 Å². The van der Waals surface area contributed by atoms with Gasteiger partial charge >= 0.3 is 0 Å². The maximum absolute atomic E-state index is 11.1. The summed E-state index contributed by atoms with van der Waals surface area (Å²) in [5.41, 5.74) is -0.0181. The molecular formula is C14H12Cl2OS. The third kappa shape index (κ3) is 2.08. The predicted molar refractivity (Wildman–Crippen MR) is 76.5 cm³/mol. The molecule has 0 spiro atoms. The third-order valence-electron chi connectivity index (χ3n) is 3.40. The molecule has 4 heteroatoms. The van der Waals surface area contributed by atoms with Crippen LogP contribution in [0.25, 0.3) is 0 Å². The molecule has 0 saturated heterocycles. The second-order valence-corrected chi connectivity index (χ2v) is 6.80. The lowest BCUT2D eigenvalue weighted by atomic mass is 9.87. The molecule has 1 aliphatic rings. The van der Waals surface area contributed by atoms with Crippen molar-refractivity contribution >= 4 is 34.5 Å². The van der Waals surface area contributed by atoms with Gasteiger partial charge in [-0.1, -0.05) is 35.3 Å². The summed E-state index contributed by atoms with van der Waals surface area (Å²) in [7, 11) is 0. The van der Waals surface area contributed by atoms with Crippen molar-refractivity contribution < 1.29 is 5.11 Å². The van der Waals surface area contributed by atoms with E-state index in [1.54, 1.807) is 0 Å². The Morgan fingerprint density at radius 2 is 1.72 bits per heavy atom. The van der Waals surface area contributed by atoms with E-state index in [9.17, 15) is 5.11 Å². The minimum atomic E-state index is -0.914. The first-order valence-corrected chi connectivity index (χ1v) is 7.42. The van der Waals surface area contributed by atoms with Crippen molar-refractivity contribution in [2.24, 2.45) is 5.92 Å². The molecule has 1 nitrogen and oxygen atoms in total. The lowest BCUT2D eigenvalue weighted by molar-refractivity contribution is 0.0602. The molecule has 1 unspecified atom stereocenters. The zero-order chi connectivity index (χ0) is 12.8. The molecule has 3 rings (SSSR count). The van der Waals surface area contributed by atoms with Crippen LogP contribution in [-0.2, 0) is 5.60 Å². The summed E-state index contributed by atoms with van der Waals surface area (Å²) >= 11 is 13.3. The molecule has 1 atom stereocenters. The fraction of sp³-hybridized carbons (Fsp3) is 0.286. The molecule has 1 N–H and O–H groups in total. The van der Waals surface area contributed by atoms with Crippen molar-refractivity contribution in [3.63, 3.8) is 0 Å². The van der Waals surface area contributed by atoms with E-state index < -0.39 is 5.60 Å². The molecule has 1 heterocycles. The van der Waals surface area contributed by atoms with Crippen molar-refractivity contribution in [1.29, 1.82) is 0 Å². The normalized spacial score (nSPS) is 18.6. The third-order valence-corrected chi connectivity index (χ3v) is 5.01.